The fourth-order valence-electron chi connectivity index (χ4n) is 4.06. The molecule has 4 amide bonds. The van der Waals surface area contributed by atoms with Crippen LogP contribution in [0.25, 0.3) is 0 Å². The highest BCUT2D eigenvalue weighted by atomic mass is 16.2. The number of hydrogen-bond donors (Lipinski definition) is 2. The Balaban J connectivity index is 1.28. The normalized spacial score (nSPS) is 18.1. The average molecular weight is 395 g/mol. The van der Waals surface area contributed by atoms with Crippen LogP contribution in [0.2, 0.25) is 0 Å². The molecule has 8 nitrogen and oxygen atoms in total. The van der Waals surface area contributed by atoms with Gasteiger partial charge in [-0.3, -0.25) is 19.2 Å². The van der Waals surface area contributed by atoms with Crippen LogP contribution in [0.15, 0.2) is 42.7 Å². The molecule has 0 bridgehead atoms. The minimum atomic E-state index is -0.792. The molecule has 2 aromatic rings. The van der Waals surface area contributed by atoms with Crippen LogP contribution in [0.1, 0.15) is 43.2 Å². The first-order valence-electron chi connectivity index (χ1n) is 10.0. The fourth-order valence-corrected chi connectivity index (χ4v) is 4.06. The molecule has 1 spiro atoms. The average Bonchev–Trinajstić information content (AvgIpc) is 3.31. The smallest absolute Gasteiger partial charge is 0.325 e. The van der Waals surface area contributed by atoms with E-state index in [0.717, 1.165) is 35.3 Å². The molecule has 29 heavy (non-hydrogen) atoms. The van der Waals surface area contributed by atoms with Gasteiger partial charge in [0.05, 0.1) is 6.54 Å². The van der Waals surface area contributed by atoms with Crippen molar-refractivity contribution in [2.24, 2.45) is 0 Å². The molecule has 8 heteroatoms. The van der Waals surface area contributed by atoms with Gasteiger partial charge in [-0.1, -0.05) is 43.5 Å². The van der Waals surface area contributed by atoms with Gasteiger partial charge in [-0.15, -0.1) is 0 Å². The maximum Gasteiger partial charge on any atom is 0.325 e. The number of carbonyl (C=O) groups is 3. The van der Waals surface area contributed by atoms with Crippen LogP contribution in [0.3, 0.4) is 0 Å². The first-order chi connectivity index (χ1) is 14.1. The lowest BCUT2D eigenvalue weighted by Crippen LogP contribution is -2.49. The summed E-state index contributed by atoms with van der Waals surface area (Å²) in [5.74, 6) is -0.609. The molecule has 0 radical (unpaired) electrons. The number of urea groups is 1. The predicted octanol–water partition coefficient (Wildman–Crippen LogP) is 1.80. The third-order valence-electron chi connectivity index (χ3n) is 5.67. The summed E-state index contributed by atoms with van der Waals surface area (Å²) in [6.45, 7) is 0.785. The van der Waals surface area contributed by atoms with E-state index < -0.39 is 11.6 Å². The van der Waals surface area contributed by atoms with Gasteiger partial charge in [-0.05, 0) is 30.0 Å². The number of aromatic nitrogens is 2. The Kier molecular flexibility index (Phi) is 5.33. The summed E-state index contributed by atoms with van der Waals surface area (Å²) >= 11 is 0. The van der Waals surface area contributed by atoms with Gasteiger partial charge in [0, 0.05) is 18.9 Å². The molecule has 1 saturated carbocycles. The van der Waals surface area contributed by atoms with E-state index in [1.54, 1.807) is 6.20 Å². The molecule has 1 aromatic carbocycles. The highest BCUT2D eigenvalue weighted by molar-refractivity contribution is 6.09. The van der Waals surface area contributed by atoms with Crippen molar-refractivity contribution in [3.05, 3.63) is 53.9 Å². The highest BCUT2D eigenvalue weighted by Gasteiger charge is 2.51. The Bertz CT molecular complexity index is 886. The van der Waals surface area contributed by atoms with E-state index in [2.05, 4.69) is 15.7 Å². The first kappa shape index (κ1) is 19.2. The van der Waals surface area contributed by atoms with Gasteiger partial charge in [0.2, 0.25) is 5.91 Å². The van der Waals surface area contributed by atoms with E-state index in [-0.39, 0.29) is 18.4 Å². The third kappa shape index (κ3) is 4.16. The lowest BCUT2D eigenvalue weighted by molar-refractivity contribution is -0.135. The van der Waals surface area contributed by atoms with Crippen LogP contribution in [0.5, 0.6) is 0 Å². The van der Waals surface area contributed by atoms with E-state index in [4.69, 9.17) is 0 Å². The maximum atomic E-state index is 12.7. The van der Waals surface area contributed by atoms with E-state index >= 15 is 0 Å². The van der Waals surface area contributed by atoms with Crippen LogP contribution in [-0.4, -0.2) is 44.6 Å². The number of nitrogens with zero attached hydrogens (tertiary/aromatic N) is 3. The van der Waals surface area contributed by atoms with E-state index in [1.165, 1.54) is 0 Å². The second-order valence-electron chi connectivity index (χ2n) is 7.76. The highest BCUT2D eigenvalue weighted by Crippen LogP contribution is 2.33. The molecule has 2 fully saturated rings. The molecule has 0 atom stereocenters. The molecule has 0 unspecified atom stereocenters. The molecular weight excluding hydrogens is 370 g/mol. The van der Waals surface area contributed by atoms with E-state index in [0.29, 0.717) is 25.9 Å². The van der Waals surface area contributed by atoms with Gasteiger partial charge < -0.3 is 10.6 Å². The summed E-state index contributed by atoms with van der Waals surface area (Å²) in [5, 5.41) is 9.80. The summed E-state index contributed by atoms with van der Waals surface area (Å²) in [5.41, 5.74) is 1.27. The topological polar surface area (TPSA) is 96.3 Å². The van der Waals surface area contributed by atoms with Crippen LogP contribution in [0.4, 0.5) is 4.79 Å². The monoisotopic (exact) mass is 395 g/mol. The number of nitrogens with one attached hydrogen (secondary N) is 2. The number of imide groups is 1. The SMILES string of the molecule is O=C(CN1C(=O)NC2(CCCCC2)C1=O)NCc1ccc(Cn2cccn2)cc1. The second-order valence-corrected chi connectivity index (χ2v) is 7.76. The Morgan fingerprint density at radius 3 is 2.52 bits per heavy atom. The molecule has 1 saturated heterocycles. The summed E-state index contributed by atoms with van der Waals surface area (Å²) in [6, 6.07) is 9.30. The van der Waals surface area contributed by atoms with Crippen molar-refractivity contribution in [3.63, 3.8) is 0 Å². The van der Waals surface area contributed by atoms with E-state index in [9.17, 15) is 14.4 Å². The molecule has 152 valence electrons. The van der Waals surface area contributed by atoms with Gasteiger partial charge in [-0.2, -0.15) is 5.10 Å². The maximum absolute atomic E-state index is 12.7. The Hall–Kier alpha value is -3.16. The molecule has 1 aliphatic carbocycles. The second kappa shape index (κ2) is 8.06. The van der Waals surface area contributed by atoms with Crippen molar-refractivity contribution in [1.82, 2.24) is 25.3 Å². The molecule has 2 aliphatic rings. The van der Waals surface area contributed by atoms with Gasteiger partial charge in [0.15, 0.2) is 0 Å². The Morgan fingerprint density at radius 1 is 1.10 bits per heavy atom. The summed E-state index contributed by atoms with van der Waals surface area (Å²) in [6.07, 6.45) is 7.87. The zero-order chi connectivity index (χ0) is 20.3. The molecule has 2 N–H and O–H groups in total. The summed E-state index contributed by atoms with van der Waals surface area (Å²) in [7, 11) is 0. The molecule has 1 aromatic heterocycles. The molecule has 4 rings (SSSR count). The summed E-state index contributed by atoms with van der Waals surface area (Å²) < 4.78 is 1.84. The van der Waals surface area contributed by atoms with E-state index in [1.807, 2.05) is 41.2 Å². The lowest BCUT2D eigenvalue weighted by atomic mass is 9.82. The van der Waals surface area contributed by atoms with Crippen LogP contribution < -0.4 is 10.6 Å². The third-order valence-corrected chi connectivity index (χ3v) is 5.67. The standard InChI is InChI=1S/C21H25N5O3/c27-18(15-26-19(28)21(24-20(26)29)9-2-1-3-10-21)22-13-16-5-7-17(8-6-16)14-25-12-4-11-23-25/h4-8,11-12H,1-3,9-10,13-15H2,(H,22,27)(H,24,29). The van der Waals surface area contributed by atoms with Crippen molar-refractivity contribution in [3.8, 4) is 0 Å². The molecule has 1 aliphatic heterocycles. The van der Waals surface area contributed by atoms with Gasteiger partial charge in [0.1, 0.15) is 12.1 Å². The zero-order valence-electron chi connectivity index (χ0n) is 16.3. The number of amides is 4. The van der Waals surface area contributed by atoms with Crippen LogP contribution >= 0.6 is 0 Å². The van der Waals surface area contributed by atoms with Crippen LogP contribution in [0, 0.1) is 0 Å². The van der Waals surface area contributed by atoms with Gasteiger partial charge in [0.25, 0.3) is 5.91 Å². The molecule has 2 heterocycles. The molecular formula is C21H25N5O3. The van der Waals surface area contributed by atoms with Crippen molar-refractivity contribution < 1.29 is 14.4 Å². The zero-order valence-corrected chi connectivity index (χ0v) is 16.3. The quantitative estimate of drug-likeness (QED) is 0.729. The number of carbonyl (C=O) groups excluding carboxylic acids is 3. The first-order valence-corrected chi connectivity index (χ1v) is 10.0. The van der Waals surface area contributed by atoms with Gasteiger partial charge >= 0.3 is 6.03 Å². The van der Waals surface area contributed by atoms with Crippen molar-refractivity contribution >= 4 is 17.8 Å². The van der Waals surface area contributed by atoms with Crippen molar-refractivity contribution in [2.45, 2.75) is 50.7 Å². The van der Waals surface area contributed by atoms with Crippen LogP contribution in [-0.2, 0) is 22.7 Å². The fraction of sp³-hybridized carbons (Fsp3) is 0.429. The Morgan fingerprint density at radius 2 is 1.83 bits per heavy atom. The largest absolute Gasteiger partial charge is 0.350 e. The number of benzene rings is 1. The van der Waals surface area contributed by atoms with Gasteiger partial charge in [-0.25, -0.2) is 4.79 Å². The summed E-state index contributed by atoms with van der Waals surface area (Å²) in [4.78, 5) is 38.3. The predicted molar refractivity (Wildman–Crippen MR) is 106 cm³/mol. The Labute approximate surface area is 169 Å². The minimum Gasteiger partial charge on any atom is -0.350 e. The van der Waals surface area contributed by atoms with Crippen molar-refractivity contribution in [1.29, 1.82) is 0 Å². The van der Waals surface area contributed by atoms with Crippen molar-refractivity contribution in [2.75, 3.05) is 6.54 Å². The number of rotatable bonds is 6. The minimum absolute atomic E-state index is 0.246. The number of hydrogen-bond acceptors (Lipinski definition) is 4. The lowest BCUT2D eigenvalue weighted by Gasteiger charge is -2.30.